The van der Waals surface area contributed by atoms with Gasteiger partial charge in [-0.2, -0.15) is 0 Å². The fraction of sp³-hybridized carbons (Fsp3) is 0.529. The maximum Gasteiger partial charge on any atom is 0.238 e. The van der Waals surface area contributed by atoms with Crippen molar-refractivity contribution in [2.75, 3.05) is 32.5 Å². The lowest BCUT2D eigenvalue weighted by Gasteiger charge is -2.10. The number of nitrogens with zero attached hydrogens (tertiary/aromatic N) is 1. The Labute approximate surface area is 133 Å². The van der Waals surface area contributed by atoms with Crippen LogP contribution in [0.2, 0.25) is 0 Å². The third kappa shape index (κ3) is 7.22. The van der Waals surface area contributed by atoms with Crippen molar-refractivity contribution in [2.45, 2.75) is 32.6 Å². The second kappa shape index (κ2) is 9.95. The minimum atomic E-state index is -0.0355. The van der Waals surface area contributed by atoms with E-state index in [1.54, 1.807) is 19.0 Å². The van der Waals surface area contributed by atoms with Gasteiger partial charge in [-0.25, -0.2) is 0 Å². The van der Waals surface area contributed by atoms with Crippen molar-refractivity contribution in [3.63, 3.8) is 0 Å². The number of hydrogen-bond acceptors (Lipinski definition) is 3. The second-order valence-corrected chi connectivity index (χ2v) is 5.56. The van der Waals surface area contributed by atoms with Crippen LogP contribution < -0.4 is 10.6 Å². The molecule has 0 fully saturated rings. The van der Waals surface area contributed by atoms with Gasteiger partial charge in [0.2, 0.25) is 11.8 Å². The Morgan fingerprint density at radius 3 is 2.41 bits per heavy atom. The van der Waals surface area contributed by atoms with E-state index in [2.05, 4.69) is 17.6 Å². The number of aryl methyl sites for hydroxylation is 1. The predicted octanol–water partition coefficient (Wildman–Crippen LogP) is 2.04. The molecule has 0 spiro atoms. The second-order valence-electron chi connectivity index (χ2n) is 5.56. The zero-order valence-electron chi connectivity index (χ0n) is 13.8. The van der Waals surface area contributed by atoms with Crippen LogP contribution in [0.5, 0.6) is 0 Å². The molecule has 0 atom stereocenters. The summed E-state index contributed by atoms with van der Waals surface area (Å²) in [5, 5.41) is 5.96. The van der Waals surface area contributed by atoms with Crippen LogP contribution in [0.25, 0.3) is 0 Å². The quantitative estimate of drug-likeness (QED) is 0.686. The molecule has 2 amide bonds. The van der Waals surface area contributed by atoms with Crippen LogP contribution in [0, 0.1) is 0 Å². The topological polar surface area (TPSA) is 61.4 Å². The van der Waals surface area contributed by atoms with E-state index in [4.69, 9.17) is 0 Å². The van der Waals surface area contributed by atoms with Gasteiger partial charge in [0.15, 0.2) is 0 Å². The maximum absolute atomic E-state index is 11.7. The van der Waals surface area contributed by atoms with Crippen molar-refractivity contribution in [1.82, 2.24) is 10.2 Å². The highest BCUT2D eigenvalue weighted by atomic mass is 16.2. The van der Waals surface area contributed by atoms with Crippen molar-refractivity contribution in [3.05, 3.63) is 29.8 Å². The van der Waals surface area contributed by atoms with E-state index >= 15 is 0 Å². The number of benzene rings is 1. The van der Waals surface area contributed by atoms with Crippen molar-refractivity contribution >= 4 is 17.5 Å². The molecule has 1 rings (SSSR count). The third-order valence-electron chi connectivity index (χ3n) is 3.36. The first-order valence-corrected chi connectivity index (χ1v) is 7.82. The zero-order chi connectivity index (χ0) is 16.4. The Balaban J connectivity index is 2.35. The highest BCUT2D eigenvalue weighted by Gasteiger charge is 2.05. The van der Waals surface area contributed by atoms with Crippen molar-refractivity contribution in [1.29, 1.82) is 0 Å². The Bertz CT molecular complexity index is 469. The molecular weight excluding hydrogens is 278 g/mol. The SMILES string of the molecule is CCCCNCC(=O)Nc1ccc(CCC(=O)N(C)C)cc1. The van der Waals surface area contributed by atoms with Crippen LogP contribution in [0.15, 0.2) is 24.3 Å². The van der Waals surface area contributed by atoms with Gasteiger partial charge in [-0.1, -0.05) is 25.5 Å². The first-order valence-electron chi connectivity index (χ1n) is 7.82. The molecule has 0 aromatic heterocycles. The Kier molecular flexibility index (Phi) is 8.22. The van der Waals surface area contributed by atoms with E-state index < -0.39 is 0 Å². The zero-order valence-corrected chi connectivity index (χ0v) is 13.8. The maximum atomic E-state index is 11.7. The van der Waals surface area contributed by atoms with Crippen LogP contribution in [0.3, 0.4) is 0 Å². The molecule has 0 saturated carbocycles. The van der Waals surface area contributed by atoms with Crippen LogP contribution >= 0.6 is 0 Å². The summed E-state index contributed by atoms with van der Waals surface area (Å²) in [7, 11) is 3.52. The third-order valence-corrected chi connectivity index (χ3v) is 3.36. The smallest absolute Gasteiger partial charge is 0.238 e. The van der Waals surface area contributed by atoms with Gasteiger partial charge in [-0.15, -0.1) is 0 Å². The first kappa shape index (κ1) is 18.2. The van der Waals surface area contributed by atoms with Crippen molar-refractivity contribution in [3.8, 4) is 0 Å². The summed E-state index contributed by atoms with van der Waals surface area (Å²) in [6, 6.07) is 7.64. The molecular formula is C17H27N3O2. The summed E-state index contributed by atoms with van der Waals surface area (Å²) in [4.78, 5) is 24.9. The normalized spacial score (nSPS) is 10.3. The van der Waals surface area contributed by atoms with E-state index in [1.807, 2.05) is 24.3 Å². The van der Waals surface area contributed by atoms with Gasteiger partial charge >= 0.3 is 0 Å². The Morgan fingerprint density at radius 2 is 1.82 bits per heavy atom. The minimum absolute atomic E-state index is 0.0355. The highest BCUT2D eigenvalue weighted by molar-refractivity contribution is 5.92. The number of amides is 2. The highest BCUT2D eigenvalue weighted by Crippen LogP contribution is 2.11. The molecule has 0 radical (unpaired) electrons. The van der Waals surface area contributed by atoms with Gasteiger partial charge in [0.05, 0.1) is 6.54 Å². The molecule has 0 aliphatic carbocycles. The van der Waals surface area contributed by atoms with E-state index in [0.29, 0.717) is 19.4 Å². The average Bonchev–Trinajstić information content (AvgIpc) is 2.50. The van der Waals surface area contributed by atoms with E-state index in [-0.39, 0.29) is 11.8 Å². The number of rotatable bonds is 9. The van der Waals surface area contributed by atoms with Gasteiger partial charge in [0.1, 0.15) is 0 Å². The lowest BCUT2D eigenvalue weighted by atomic mass is 10.1. The first-order chi connectivity index (χ1) is 10.5. The van der Waals surface area contributed by atoms with E-state index in [1.165, 1.54) is 0 Å². The monoisotopic (exact) mass is 305 g/mol. The summed E-state index contributed by atoms with van der Waals surface area (Å²) in [6.07, 6.45) is 3.41. The molecule has 0 unspecified atom stereocenters. The molecule has 0 aliphatic heterocycles. The van der Waals surface area contributed by atoms with E-state index in [9.17, 15) is 9.59 Å². The van der Waals surface area contributed by atoms with Crippen LogP contribution in [0.4, 0.5) is 5.69 Å². The summed E-state index contributed by atoms with van der Waals surface area (Å²) in [5.74, 6) is 0.0853. The molecule has 1 aromatic rings. The van der Waals surface area contributed by atoms with Gasteiger partial charge < -0.3 is 15.5 Å². The fourth-order valence-corrected chi connectivity index (χ4v) is 1.94. The molecule has 5 nitrogen and oxygen atoms in total. The number of nitrogens with one attached hydrogen (secondary N) is 2. The summed E-state index contributed by atoms with van der Waals surface area (Å²) in [5.41, 5.74) is 1.87. The molecule has 1 aromatic carbocycles. The number of hydrogen-bond donors (Lipinski definition) is 2. The Hall–Kier alpha value is -1.88. The molecule has 0 heterocycles. The molecule has 22 heavy (non-hydrogen) atoms. The average molecular weight is 305 g/mol. The molecule has 5 heteroatoms. The van der Waals surface area contributed by atoms with Crippen LogP contribution in [-0.2, 0) is 16.0 Å². The van der Waals surface area contributed by atoms with Gasteiger partial charge in [0.25, 0.3) is 0 Å². The fourth-order valence-electron chi connectivity index (χ4n) is 1.94. The largest absolute Gasteiger partial charge is 0.349 e. The predicted molar refractivity (Wildman–Crippen MR) is 89.9 cm³/mol. The number of unbranched alkanes of at least 4 members (excludes halogenated alkanes) is 1. The number of anilines is 1. The molecule has 2 N–H and O–H groups in total. The minimum Gasteiger partial charge on any atom is -0.349 e. The summed E-state index contributed by atoms with van der Waals surface area (Å²) in [6.45, 7) is 3.32. The van der Waals surface area contributed by atoms with Gasteiger partial charge in [0, 0.05) is 26.2 Å². The van der Waals surface area contributed by atoms with E-state index in [0.717, 1.165) is 30.6 Å². The summed E-state index contributed by atoms with van der Waals surface area (Å²) < 4.78 is 0. The molecule has 0 bridgehead atoms. The lowest BCUT2D eigenvalue weighted by Crippen LogP contribution is -2.28. The Morgan fingerprint density at radius 1 is 1.14 bits per heavy atom. The van der Waals surface area contributed by atoms with Gasteiger partial charge in [-0.05, 0) is 37.1 Å². The van der Waals surface area contributed by atoms with Crippen LogP contribution in [-0.4, -0.2) is 43.9 Å². The number of carbonyl (C=O) groups is 2. The molecule has 0 saturated heterocycles. The van der Waals surface area contributed by atoms with Crippen molar-refractivity contribution < 1.29 is 9.59 Å². The van der Waals surface area contributed by atoms with Gasteiger partial charge in [-0.3, -0.25) is 9.59 Å². The number of carbonyl (C=O) groups excluding carboxylic acids is 2. The van der Waals surface area contributed by atoms with Crippen molar-refractivity contribution in [2.24, 2.45) is 0 Å². The van der Waals surface area contributed by atoms with Crippen LogP contribution in [0.1, 0.15) is 31.7 Å². The standard InChI is InChI=1S/C17H27N3O2/c1-4-5-12-18-13-16(21)19-15-9-6-14(7-10-15)8-11-17(22)20(2)3/h6-7,9-10,18H,4-5,8,11-13H2,1-3H3,(H,19,21). The molecule has 0 aliphatic rings. The molecule has 122 valence electrons. The lowest BCUT2D eigenvalue weighted by molar-refractivity contribution is -0.128. The summed E-state index contributed by atoms with van der Waals surface area (Å²) >= 11 is 0.